The Bertz CT molecular complexity index is 851. The number of amides is 1. The number of hydrogen-bond donors (Lipinski definition) is 1. The number of thiophene rings is 1. The van der Waals surface area contributed by atoms with Crippen molar-refractivity contribution in [2.24, 2.45) is 5.92 Å². The molecule has 0 spiro atoms. The van der Waals surface area contributed by atoms with Crippen molar-refractivity contribution in [1.29, 1.82) is 0 Å². The van der Waals surface area contributed by atoms with Gasteiger partial charge in [-0.15, -0.1) is 11.3 Å². The van der Waals surface area contributed by atoms with Crippen LogP contribution in [0.5, 0.6) is 0 Å². The van der Waals surface area contributed by atoms with Gasteiger partial charge in [0.05, 0.1) is 12.1 Å². The zero-order valence-electron chi connectivity index (χ0n) is 16.5. The van der Waals surface area contributed by atoms with Crippen LogP contribution in [-0.4, -0.2) is 36.2 Å². The topological polar surface area (TPSA) is 49.4 Å². The normalized spacial score (nSPS) is 17.9. The predicted octanol–water partition coefficient (Wildman–Crippen LogP) is 4.53. The van der Waals surface area contributed by atoms with Crippen molar-refractivity contribution in [3.63, 3.8) is 0 Å². The maximum Gasteiger partial charge on any atom is 0.239 e. The molecule has 1 aliphatic heterocycles. The third-order valence-electron chi connectivity index (χ3n) is 5.93. The van der Waals surface area contributed by atoms with E-state index in [1.807, 2.05) is 30.3 Å². The highest BCUT2D eigenvalue weighted by Crippen LogP contribution is 2.39. The van der Waals surface area contributed by atoms with E-state index in [-0.39, 0.29) is 11.7 Å². The smallest absolute Gasteiger partial charge is 0.239 e. The van der Waals surface area contributed by atoms with E-state index in [2.05, 4.69) is 17.1 Å². The minimum absolute atomic E-state index is 0.00439. The largest absolute Gasteiger partial charge is 0.316 e. The van der Waals surface area contributed by atoms with E-state index < -0.39 is 0 Å². The molecule has 0 atom stereocenters. The number of carbonyl (C=O) groups excluding carboxylic acids is 2. The molecule has 2 aromatic rings. The Hall–Kier alpha value is -1.98. The molecule has 0 unspecified atom stereocenters. The summed E-state index contributed by atoms with van der Waals surface area (Å²) in [4.78, 5) is 29.5. The number of nitrogens with one attached hydrogen (secondary N) is 1. The van der Waals surface area contributed by atoms with Crippen LogP contribution in [0, 0.1) is 5.92 Å². The zero-order chi connectivity index (χ0) is 19.5. The van der Waals surface area contributed by atoms with E-state index >= 15 is 0 Å². The van der Waals surface area contributed by atoms with E-state index in [4.69, 9.17) is 0 Å². The maximum absolute atomic E-state index is 13.3. The van der Waals surface area contributed by atoms with Gasteiger partial charge in [0.1, 0.15) is 5.00 Å². The highest BCUT2D eigenvalue weighted by Gasteiger charge is 2.27. The number of anilines is 1. The lowest BCUT2D eigenvalue weighted by atomic mass is 9.92. The fourth-order valence-corrected chi connectivity index (χ4v) is 5.52. The van der Waals surface area contributed by atoms with Crippen LogP contribution in [0.2, 0.25) is 0 Å². The van der Waals surface area contributed by atoms with Crippen LogP contribution in [-0.2, 0) is 17.6 Å². The number of piperidine rings is 1. The molecule has 2 heterocycles. The molecule has 1 fully saturated rings. The molecule has 1 aromatic carbocycles. The second-order valence-corrected chi connectivity index (χ2v) is 9.22. The number of likely N-dealkylation sites (tertiary alicyclic amines) is 1. The number of fused-ring (bicyclic) bond motifs is 1. The lowest BCUT2D eigenvalue weighted by Crippen LogP contribution is -2.38. The average molecular weight is 397 g/mol. The van der Waals surface area contributed by atoms with Gasteiger partial charge < -0.3 is 5.32 Å². The lowest BCUT2D eigenvalue weighted by Gasteiger charge is -2.29. The van der Waals surface area contributed by atoms with Crippen molar-refractivity contribution in [2.45, 2.75) is 45.4 Å². The summed E-state index contributed by atoms with van der Waals surface area (Å²) in [7, 11) is 0. The van der Waals surface area contributed by atoms with E-state index in [1.54, 1.807) is 11.3 Å². The van der Waals surface area contributed by atoms with Crippen LogP contribution in [0.4, 0.5) is 5.00 Å². The van der Waals surface area contributed by atoms with Crippen LogP contribution in [0.15, 0.2) is 30.3 Å². The molecule has 5 heteroatoms. The van der Waals surface area contributed by atoms with Crippen LogP contribution >= 0.6 is 11.3 Å². The summed E-state index contributed by atoms with van der Waals surface area (Å²) in [6, 6.07) is 9.41. The van der Waals surface area contributed by atoms with Gasteiger partial charge in [0.2, 0.25) is 5.91 Å². The maximum atomic E-state index is 13.3. The van der Waals surface area contributed by atoms with Crippen molar-refractivity contribution in [1.82, 2.24) is 4.90 Å². The molecule has 1 aromatic heterocycles. The van der Waals surface area contributed by atoms with Crippen LogP contribution in [0.25, 0.3) is 0 Å². The van der Waals surface area contributed by atoms with Gasteiger partial charge >= 0.3 is 0 Å². The third-order valence-corrected chi connectivity index (χ3v) is 7.14. The first-order valence-electron chi connectivity index (χ1n) is 10.4. The molecule has 4 nitrogen and oxygen atoms in total. The number of ketones is 1. The molecule has 2 aliphatic rings. The van der Waals surface area contributed by atoms with Crippen LogP contribution in [0.3, 0.4) is 0 Å². The molecule has 1 N–H and O–H groups in total. The summed E-state index contributed by atoms with van der Waals surface area (Å²) < 4.78 is 0. The summed E-state index contributed by atoms with van der Waals surface area (Å²) in [5.74, 6) is 0.774. The monoisotopic (exact) mass is 396 g/mol. The molecule has 0 saturated carbocycles. The standard InChI is InChI=1S/C23H28N2O2S/c1-16-11-13-25(14-12-16)15-20(26)24-23-21(18-9-5-6-10-19(18)28-23)22(27)17-7-3-2-4-8-17/h2-4,7-8,16H,5-6,9-15H2,1H3,(H,24,26). The third kappa shape index (κ3) is 4.20. The molecule has 1 aliphatic carbocycles. The van der Waals surface area contributed by atoms with Crippen LogP contribution in [0.1, 0.15) is 59.0 Å². The van der Waals surface area contributed by atoms with Gasteiger partial charge in [-0.1, -0.05) is 37.3 Å². The molecule has 1 saturated heterocycles. The molecule has 0 radical (unpaired) electrons. The van der Waals surface area contributed by atoms with Crippen molar-refractivity contribution >= 4 is 28.0 Å². The SMILES string of the molecule is CC1CCN(CC(=O)Nc2sc3c(c2C(=O)c2ccccc2)CCCC3)CC1. The highest BCUT2D eigenvalue weighted by molar-refractivity contribution is 7.17. The fraction of sp³-hybridized carbons (Fsp3) is 0.478. The Balaban J connectivity index is 1.55. The number of nitrogens with zero attached hydrogens (tertiary/aromatic N) is 1. The Kier molecular flexibility index (Phi) is 5.93. The Labute approximate surface area is 170 Å². The molecule has 4 rings (SSSR count). The van der Waals surface area contributed by atoms with E-state index in [0.29, 0.717) is 12.1 Å². The number of benzene rings is 1. The summed E-state index contributed by atoms with van der Waals surface area (Å²) in [5.41, 5.74) is 2.58. The molecule has 148 valence electrons. The van der Waals surface area contributed by atoms with Gasteiger partial charge in [-0.25, -0.2) is 0 Å². The van der Waals surface area contributed by atoms with Crippen LogP contribution < -0.4 is 5.32 Å². The number of rotatable bonds is 5. The molecule has 28 heavy (non-hydrogen) atoms. The highest BCUT2D eigenvalue weighted by atomic mass is 32.1. The average Bonchev–Trinajstić information content (AvgIpc) is 3.07. The van der Waals surface area contributed by atoms with Crippen molar-refractivity contribution in [2.75, 3.05) is 25.0 Å². The number of carbonyl (C=O) groups is 2. The van der Waals surface area contributed by atoms with Gasteiger partial charge in [0, 0.05) is 10.4 Å². The van der Waals surface area contributed by atoms with E-state index in [0.717, 1.165) is 73.7 Å². The minimum Gasteiger partial charge on any atom is -0.316 e. The first-order chi connectivity index (χ1) is 13.6. The van der Waals surface area contributed by atoms with Gasteiger partial charge in [-0.05, 0) is 63.1 Å². The van der Waals surface area contributed by atoms with Crippen molar-refractivity contribution in [3.8, 4) is 0 Å². The molecule has 1 amide bonds. The molecular formula is C23H28N2O2S. The minimum atomic E-state index is -0.00439. The number of hydrogen-bond acceptors (Lipinski definition) is 4. The Morgan fingerprint density at radius 1 is 1.11 bits per heavy atom. The molecular weight excluding hydrogens is 368 g/mol. The Morgan fingerprint density at radius 2 is 1.82 bits per heavy atom. The zero-order valence-corrected chi connectivity index (χ0v) is 17.3. The summed E-state index contributed by atoms with van der Waals surface area (Å²) in [6.45, 7) is 4.64. The molecule has 0 bridgehead atoms. The fourth-order valence-electron chi connectivity index (χ4n) is 4.22. The van der Waals surface area contributed by atoms with E-state index in [9.17, 15) is 9.59 Å². The quantitative estimate of drug-likeness (QED) is 0.756. The first kappa shape index (κ1) is 19.3. The lowest BCUT2D eigenvalue weighted by molar-refractivity contribution is -0.117. The van der Waals surface area contributed by atoms with E-state index in [1.165, 1.54) is 4.88 Å². The Morgan fingerprint density at radius 3 is 2.57 bits per heavy atom. The summed E-state index contributed by atoms with van der Waals surface area (Å²) in [5, 5.41) is 3.84. The van der Waals surface area contributed by atoms with Crippen molar-refractivity contribution < 1.29 is 9.59 Å². The predicted molar refractivity (Wildman–Crippen MR) is 114 cm³/mol. The second-order valence-electron chi connectivity index (χ2n) is 8.12. The second kappa shape index (κ2) is 8.58. The summed E-state index contributed by atoms with van der Waals surface area (Å²) >= 11 is 1.60. The van der Waals surface area contributed by atoms with Gasteiger partial charge in [0.15, 0.2) is 5.78 Å². The number of aryl methyl sites for hydroxylation is 1. The van der Waals surface area contributed by atoms with Gasteiger partial charge in [-0.2, -0.15) is 0 Å². The van der Waals surface area contributed by atoms with Gasteiger partial charge in [-0.3, -0.25) is 14.5 Å². The summed E-state index contributed by atoms with van der Waals surface area (Å²) in [6.07, 6.45) is 6.51. The first-order valence-corrected chi connectivity index (χ1v) is 11.2. The van der Waals surface area contributed by atoms with Crippen molar-refractivity contribution in [3.05, 3.63) is 51.9 Å². The van der Waals surface area contributed by atoms with Gasteiger partial charge in [0.25, 0.3) is 0 Å².